The Bertz CT molecular complexity index is 563. The van der Waals surface area contributed by atoms with Gasteiger partial charge in [0.1, 0.15) is 6.42 Å². The summed E-state index contributed by atoms with van der Waals surface area (Å²) in [6.07, 6.45) is 3.92. The van der Waals surface area contributed by atoms with Crippen LogP contribution in [-0.2, 0) is 9.59 Å². The fourth-order valence-electron chi connectivity index (χ4n) is 2.79. The average molecular weight is 343 g/mol. The second kappa shape index (κ2) is 7.84. The molecular formula is C16H20Cl2N2O2. The number of halogens is 2. The lowest BCUT2D eigenvalue weighted by Gasteiger charge is -2.35. The lowest BCUT2D eigenvalue weighted by molar-refractivity contribution is -0.137. The molecule has 1 aromatic carbocycles. The largest absolute Gasteiger partial charge is 0.339 e. The van der Waals surface area contributed by atoms with Crippen LogP contribution in [0.15, 0.2) is 18.2 Å². The van der Waals surface area contributed by atoms with Gasteiger partial charge in [-0.2, -0.15) is 0 Å². The smallest absolute Gasteiger partial charge is 0.233 e. The summed E-state index contributed by atoms with van der Waals surface area (Å²) >= 11 is 11.9. The summed E-state index contributed by atoms with van der Waals surface area (Å²) in [6.45, 7) is 2.81. The number of nitrogens with one attached hydrogen (secondary N) is 1. The van der Waals surface area contributed by atoms with Crippen LogP contribution in [0, 0.1) is 0 Å². The van der Waals surface area contributed by atoms with Crippen molar-refractivity contribution in [3.63, 3.8) is 0 Å². The van der Waals surface area contributed by atoms with E-state index in [0.29, 0.717) is 10.7 Å². The molecule has 4 nitrogen and oxygen atoms in total. The summed E-state index contributed by atoms with van der Waals surface area (Å²) in [5, 5.41) is 3.31. The lowest BCUT2D eigenvalue weighted by atomic mass is 9.99. The quantitative estimate of drug-likeness (QED) is 0.837. The third-order valence-corrected chi connectivity index (χ3v) is 4.78. The number of anilines is 1. The minimum absolute atomic E-state index is 0.123. The Labute approximate surface area is 140 Å². The number of hydrogen-bond donors (Lipinski definition) is 1. The summed E-state index contributed by atoms with van der Waals surface area (Å²) in [5.74, 6) is -0.489. The number of nitrogens with zero attached hydrogens (tertiary/aromatic N) is 1. The maximum atomic E-state index is 12.3. The molecular weight excluding hydrogens is 323 g/mol. The number of carbonyl (C=O) groups is 2. The Kier molecular flexibility index (Phi) is 6.09. The van der Waals surface area contributed by atoms with E-state index in [-0.39, 0.29) is 29.3 Å². The minimum atomic E-state index is -0.366. The second-order valence-corrected chi connectivity index (χ2v) is 6.26. The van der Waals surface area contributed by atoms with Crippen LogP contribution >= 0.6 is 23.2 Å². The first-order valence-electron chi connectivity index (χ1n) is 7.56. The monoisotopic (exact) mass is 342 g/mol. The fourth-order valence-corrected chi connectivity index (χ4v) is 3.13. The van der Waals surface area contributed by atoms with Gasteiger partial charge >= 0.3 is 0 Å². The first-order chi connectivity index (χ1) is 10.5. The highest BCUT2D eigenvalue weighted by molar-refractivity contribution is 6.44. The van der Waals surface area contributed by atoms with Gasteiger partial charge < -0.3 is 10.2 Å². The Morgan fingerprint density at radius 1 is 1.32 bits per heavy atom. The van der Waals surface area contributed by atoms with Crippen LogP contribution in [-0.4, -0.2) is 29.3 Å². The molecule has 1 unspecified atom stereocenters. The highest BCUT2D eigenvalue weighted by atomic mass is 35.5. The molecule has 2 amide bonds. The second-order valence-electron chi connectivity index (χ2n) is 5.47. The maximum absolute atomic E-state index is 12.3. The Balaban J connectivity index is 1.96. The first-order valence-corrected chi connectivity index (χ1v) is 8.31. The summed E-state index contributed by atoms with van der Waals surface area (Å²) in [6, 6.07) is 5.25. The summed E-state index contributed by atoms with van der Waals surface area (Å²) in [7, 11) is 0. The fraction of sp³-hybridized carbons (Fsp3) is 0.500. The molecule has 0 radical (unpaired) electrons. The molecule has 0 aliphatic carbocycles. The van der Waals surface area contributed by atoms with Crippen LogP contribution in [0.5, 0.6) is 0 Å². The zero-order valence-electron chi connectivity index (χ0n) is 12.6. The molecule has 1 aliphatic heterocycles. The number of carbonyl (C=O) groups excluding carboxylic acids is 2. The van der Waals surface area contributed by atoms with Gasteiger partial charge in [0.15, 0.2) is 0 Å². The molecule has 1 heterocycles. The molecule has 0 bridgehead atoms. The van der Waals surface area contributed by atoms with Crippen LogP contribution in [0.3, 0.4) is 0 Å². The van der Waals surface area contributed by atoms with Crippen molar-refractivity contribution in [1.82, 2.24) is 4.90 Å². The van der Waals surface area contributed by atoms with Crippen molar-refractivity contribution in [2.75, 3.05) is 11.9 Å². The minimum Gasteiger partial charge on any atom is -0.339 e. The molecule has 120 valence electrons. The van der Waals surface area contributed by atoms with Gasteiger partial charge in [-0.15, -0.1) is 0 Å². The van der Waals surface area contributed by atoms with Gasteiger partial charge in [-0.3, -0.25) is 9.59 Å². The lowest BCUT2D eigenvalue weighted by Crippen LogP contribution is -2.44. The molecule has 1 N–H and O–H groups in total. The summed E-state index contributed by atoms with van der Waals surface area (Å²) < 4.78 is 0. The van der Waals surface area contributed by atoms with Gasteiger partial charge in [-0.05, 0) is 37.8 Å². The molecule has 1 saturated heterocycles. The zero-order valence-corrected chi connectivity index (χ0v) is 14.1. The highest BCUT2D eigenvalue weighted by Gasteiger charge is 2.26. The topological polar surface area (TPSA) is 49.4 Å². The summed E-state index contributed by atoms with van der Waals surface area (Å²) in [5.41, 5.74) is 0.428. The number of rotatable bonds is 4. The van der Waals surface area contributed by atoms with Crippen molar-refractivity contribution in [3.05, 3.63) is 28.2 Å². The number of hydrogen-bond acceptors (Lipinski definition) is 2. The molecule has 0 saturated carbocycles. The van der Waals surface area contributed by atoms with E-state index in [1.807, 2.05) is 4.90 Å². The van der Waals surface area contributed by atoms with Crippen molar-refractivity contribution in [2.24, 2.45) is 0 Å². The predicted molar refractivity (Wildman–Crippen MR) is 89.4 cm³/mol. The van der Waals surface area contributed by atoms with E-state index in [0.717, 1.165) is 32.2 Å². The number of amides is 2. The third-order valence-electron chi connectivity index (χ3n) is 3.96. The van der Waals surface area contributed by atoms with E-state index in [2.05, 4.69) is 12.2 Å². The third kappa shape index (κ3) is 4.14. The van der Waals surface area contributed by atoms with Gasteiger partial charge in [-0.1, -0.05) is 36.2 Å². The molecule has 22 heavy (non-hydrogen) atoms. The van der Waals surface area contributed by atoms with Gasteiger partial charge in [0.2, 0.25) is 11.8 Å². The Morgan fingerprint density at radius 3 is 2.82 bits per heavy atom. The predicted octanol–water partition coefficient (Wildman–Crippen LogP) is 4.11. The summed E-state index contributed by atoms with van der Waals surface area (Å²) in [4.78, 5) is 26.2. The van der Waals surface area contributed by atoms with Crippen molar-refractivity contribution < 1.29 is 9.59 Å². The van der Waals surface area contributed by atoms with Crippen molar-refractivity contribution in [1.29, 1.82) is 0 Å². The van der Waals surface area contributed by atoms with E-state index in [1.165, 1.54) is 0 Å². The van der Waals surface area contributed by atoms with Crippen molar-refractivity contribution >= 4 is 40.7 Å². The van der Waals surface area contributed by atoms with Gasteiger partial charge in [0.25, 0.3) is 0 Å². The number of benzene rings is 1. The van der Waals surface area contributed by atoms with E-state index in [4.69, 9.17) is 23.2 Å². The first kappa shape index (κ1) is 17.1. The number of piperidine rings is 1. The van der Waals surface area contributed by atoms with Crippen LogP contribution in [0.25, 0.3) is 0 Å². The average Bonchev–Trinajstić information content (AvgIpc) is 2.51. The van der Waals surface area contributed by atoms with E-state index in [1.54, 1.807) is 18.2 Å². The van der Waals surface area contributed by atoms with Gasteiger partial charge in [0, 0.05) is 12.6 Å². The highest BCUT2D eigenvalue weighted by Crippen LogP contribution is 2.29. The molecule has 6 heteroatoms. The van der Waals surface area contributed by atoms with Crippen LogP contribution < -0.4 is 5.32 Å². The molecule has 1 aromatic rings. The van der Waals surface area contributed by atoms with Crippen molar-refractivity contribution in [2.45, 2.75) is 45.1 Å². The molecule has 2 rings (SSSR count). The normalized spacial score (nSPS) is 18.1. The van der Waals surface area contributed by atoms with Gasteiger partial charge in [0.05, 0.1) is 15.7 Å². The molecule has 1 aliphatic rings. The number of likely N-dealkylation sites (tertiary alicyclic amines) is 1. The Hall–Kier alpha value is -1.26. The Morgan fingerprint density at radius 2 is 2.09 bits per heavy atom. The molecule has 0 spiro atoms. The van der Waals surface area contributed by atoms with E-state index in [9.17, 15) is 9.59 Å². The van der Waals surface area contributed by atoms with Crippen molar-refractivity contribution in [3.8, 4) is 0 Å². The zero-order chi connectivity index (χ0) is 16.1. The molecule has 1 fully saturated rings. The van der Waals surface area contributed by atoms with Crippen LogP contribution in [0.4, 0.5) is 5.69 Å². The van der Waals surface area contributed by atoms with Crippen LogP contribution in [0.1, 0.15) is 39.0 Å². The van der Waals surface area contributed by atoms with Crippen LogP contribution in [0.2, 0.25) is 10.0 Å². The molecule has 0 aromatic heterocycles. The van der Waals surface area contributed by atoms with E-state index >= 15 is 0 Å². The van der Waals surface area contributed by atoms with E-state index < -0.39 is 0 Å². The maximum Gasteiger partial charge on any atom is 0.233 e. The van der Waals surface area contributed by atoms with Gasteiger partial charge in [-0.25, -0.2) is 0 Å². The SMILES string of the molecule is CCC1CCCCN1C(=O)CC(=O)Nc1cccc(Cl)c1Cl. The molecule has 1 atom stereocenters. The standard InChI is InChI=1S/C16H20Cl2N2O2/c1-2-11-6-3-4-9-20(11)15(22)10-14(21)19-13-8-5-7-12(17)16(13)18/h5,7-8,11H,2-4,6,9-10H2,1H3,(H,19,21).